The van der Waals surface area contributed by atoms with Crippen molar-refractivity contribution in [3.8, 4) is 22.5 Å². The van der Waals surface area contributed by atoms with Crippen LogP contribution < -0.4 is 20.7 Å². The third-order valence-electron chi connectivity index (χ3n) is 13.5. The number of rotatable bonds is 7. The molecule has 64 heavy (non-hydrogen) atoms. The van der Waals surface area contributed by atoms with Crippen molar-refractivity contribution in [2.75, 3.05) is 0 Å². The number of hydrogen-bond donors (Lipinski definition) is 0. The molecule has 0 amide bonds. The molecule has 0 atom stereocenters. The van der Waals surface area contributed by atoms with Crippen molar-refractivity contribution in [2.45, 2.75) is 0 Å². The van der Waals surface area contributed by atoms with E-state index < -0.39 is 8.07 Å². The fraction of sp³-hybridized carbons (Fsp3) is 0. The SMILES string of the molecule is c1ccc(-n2c3ccccc3c3cc(-c4ccc([Si](c5ccccc5)(c5ccccc5)c5ccc(-n6c7ccccc7c7ccc8oc9ccccc9c8c76)cc5)cc4)ccc32)cc1. The molecule has 0 bridgehead atoms. The van der Waals surface area contributed by atoms with E-state index in [4.69, 9.17) is 4.42 Å². The molecule has 10 aromatic carbocycles. The maximum atomic E-state index is 6.44. The predicted octanol–water partition coefficient (Wildman–Crippen LogP) is 12.8. The summed E-state index contributed by atoms with van der Waals surface area (Å²) in [5.74, 6) is 0. The third-order valence-corrected chi connectivity index (χ3v) is 18.3. The Kier molecular flexibility index (Phi) is 8.23. The number of para-hydroxylation sites is 4. The van der Waals surface area contributed by atoms with Gasteiger partial charge in [-0.25, -0.2) is 0 Å². The molecule has 3 heterocycles. The Morgan fingerprint density at radius 3 is 1.45 bits per heavy atom. The molecule has 0 N–H and O–H groups in total. The molecular formula is C60H40N2OSi. The zero-order valence-corrected chi connectivity index (χ0v) is 35.9. The summed E-state index contributed by atoms with van der Waals surface area (Å²) in [6.45, 7) is 0. The van der Waals surface area contributed by atoms with E-state index in [1.807, 2.05) is 6.07 Å². The Balaban J connectivity index is 0.986. The van der Waals surface area contributed by atoms with Gasteiger partial charge in [-0.15, -0.1) is 0 Å². The van der Waals surface area contributed by atoms with Crippen LogP contribution in [0.15, 0.2) is 247 Å². The molecule has 0 spiro atoms. The van der Waals surface area contributed by atoms with Gasteiger partial charge < -0.3 is 13.6 Å². The summed E-state index contributed by atoms with van der Waals surface area (Å²) in [5, 5.41) is 12.6. The highest BCUT2D eigenvalue weighted by atomic mass is 28.3. The van der Waals surface area contributed by atoms with Crippen LogP contribution in [0.25, 0.3) is 88.1 Å². The Hall–Kier alpha value is -8.18. The summed E-state index contributed by atoms with van der Waals surface area (Å²) in [6.07, 6.45) is 0. The lowest BCUT2D eigenvalue weighted by atomic mass is 10.0. The fourth-order valence-corrected chi connectivity index (χ4v) is 15.4. The highest BCUT2D eigenvalue weighted by Crippen LogP contribution is 2.41. The molecule has 3 aromatic heterocycles. The van der Waals surface area contributed by atoms with Gasteiger partial charge in [0.25, 0.3) is 0 Å². The van der Waals surface area contributed by atoms with Crippen molar-refractivity contribution in [1.29, 1.82) is 0 Å². The average molecular weight is 833 g/mol. The quantitative estimate of drug-likeness (QED) is 0.116. The summed E-state index contributed by atoms with van der Waals surface area (Å²) in [5.41, 5.74) is 11.3. The smallest absolute Gasteiger partial charge is 0.179 e. The van der Waals surface area contributed by atoms with E-state index >= 15 is 0 Å². The molecule has 0 aliphatic heterocycles. The first-order valence-electron chi connectivity index (χ1n) is 22.0. The van der Waals surface area contributed by atoms with Crippen LogP contribution in [-0.2, 0) is 0 Å². The van der Waals surface area contributed by atoms with Crippen LogP contribution in [0.4, 0.5) is 0 Å². The Morgan fingerprint density at radius 2 is 0.781 bits per heavy atom. The van der Waals surface area contributed by atoms with E-state index in [1.165, 1.54) is 81.2 Å². The van der Waals surface area contributed by atoms with Crippen LogP contribution in [0.2, 0.25) is 0 Å². The minimum absolute atomic E-state index is 0.899. The maximum absolute atomic E-state index is 6.44. The van der Waals surface area contributed by atoms with Crippen LogP contribution in [-0.4, -0.2) is 17.2 Å². The first-order chi connectivity index (χ1) is 31.8. The predicted molar refractivity (Wildman–Crippen MR) is 271 cm³/mol. The molecule has 300 valence electrons. The van der Waals surface area contributed by atoms with Crippen LogP contribution in [0.1, 0.15) is 0 Å². The Labute approximate surface area is 371 Å². The van der Waals surface area contributed by atoms with Gasteiger partial charge in [-0.05, 0) is 98.6 Å². The highest BCUT2D eigenvalue weighted by molar-refractivity contribution is 7.19. The van der Waals surface area contributed by atoms with Crippen LogP contribution in [0, 0.1) is 0 Å². The van der Waals surface area contributed by atoms with Gasteiger partial charge in [0.2, 0.25) is 0 Å². The minimum atomic E-state index is -2.85. The number of hydrogen-bond acceptors (Lipinski definition) is 1. The van der Waals surface area contributed by atoms with E-state index in [0.717, 1.165) is 27.6 Å². The monoisotopic (exact) mass is 832 g/mol. The number of aromatic nitrogens is 2. The van der Waals surface area contributed by atoms with Crippen molar-refractivity contribution in [1.82, 2.24) is 9.13 Å². The molecule has 4 heteroatoms. The second-order valence-electron chi connectivity index (χ2n) is 16.8. The lowest BCUT2D eigenvalue weighted by Crippen LogP contribution is -2.74. The van der Waals surface area contributed by atoms with Gasteiger partial charge >= 0.3 is 0 Å². The third kappa shape index (κ3) is 5.39. The summed E-state index contributed by atoms with van der Waals surface area (Å²) < 4.78 is 11.3. The molecule has 0 saturated heterocycles. The standard InChI is InChI=1S/C60H40N2OSi/c1-4-16-43(17-5-1)61-54-25-13-11-23-50(54)53-40-42(30-38-56(53)61)41-28-33-47(34-29-41)64(45-18-6-2-7-19-45,46-20-8-3-9-21-46)48-35-31-44(32-36-48)62-55-26-14-10-22-49(55)51-37-39-58-59(60(51)62)52-24-12-15-27-57(52)63-58/h1-40H. The van der Waals surface area contributed by atoms with E-state index in [1.54, 1.807) is 0 Å². The number of furan rings is 1. The lowest BCUT2D eigenvalue weighted by molar-refractivity contribution is 0.669. The van der Waals surface area contributed by atoms with Crippen molar-refractivity contribution in [3.63, 3.8) is 0 Å². The molecule has 13 aromatic rings. The summed E-state index contributed by atoms with van der Waals surface area (Å²) in [4.78, 5) is 0. The number of nitrogens with zero attached hydrogens (tertiary/aromatic N) is 2. The molecule has 0 fully saturated rings. The lowest BCUT2D eigenvalue weighted by Gasteiger charge is -2.34. The molecule has 0 aliphatic rings. The van der Waals surface area contributed by atoms with Crippen molar-refractivity contribution < 1.29 is 4.42 Å². The van der Waals surface area contributed by atoms with Gasteiger partial charge in [0, 0.05) is 38.3 Å². The van der Waals surface area contributed by atoms with Gasteiger partial charge in [0.15, 0.2) is 8.07 Å². The van der Waals surface area contributed by atoms with Gasteiger partial charge in [-0.3, -0.25) is 0 Å². The van der Waals surface area contributed by atoms with E-state index in [9.17, 15) is 0 Å². The maximum Gasteiger partial charge on any atom is 0.179 e. The molecule has 0 unspecified atom stereocenters. The van der Waals surface area contributed by atoms with Crippen LogP contribution in [0.5, 0.6) is 0 Å². The van der Waals surface area contributed by atoms with E-state index in [-0.39, 0.29) is 0 Å². The van der Waals surface area contributed by atoms with E-state index in [2.05, 4.69) is 246 Å². The van der Waals surface area contributed by atoms with Crippen LogP contribution >= 0.6 is 0 Å². The largest absolute Gasteiger partial charge is 0.456 e. The highest BCUT2D eigenvalue weighted by Gasteiger charge is 2.41. The van der Waals surface area contributed by atoms with Gasteiger partial charge in [-0.2, -0.15) is 0 Å². The fourth-order valence-electron chi connectivity index (χ4n) is 10.7. The molecular weight excluding hydrogens is 793 g/mol. The average Bonchev–Trinajstić information content (AvgIpc) is 4.03. The second-order valence-corrected chi connectivity index (χ2v) is 20.6. The van der Waals surface area contributed by atoms with Gasteiger partial charge in [0.05, 0.1) is 27.5 Å². The normalized spacial score (nSPS) is 12.1. The first kappa shape index (κ1) is 36.5. The zero-order valence-electron chi connectivity index (χ0n) is 34.9. The second kappa shape index (κ2) is 14.5. The van der Waals surface area contributed by atoms with E-state index in [0.29, 0.717) is 0 Å². The number of fused-ring (bicyclic) bond motifs is 10. The summed E-state index contributed by atoms with van der Waals surface area (Å²) in [7, 11) is -2.85. The topological polar surface area (TPSA) is 23.0 Å². The van der Waals surface area contributed by atoms with Gasteiger partial charge in [-0.1, -0.05) is 176 Å². The Bertz CT molecular complexity index is 3830. The van der Waals surface area contributed by atoms with Crippen molar-refractivity contribution in [2.24, 2.45) is 0 Å². The Morgan fingerprint density at radius 1 is 0.297 bits per heavy atom. The number of benzene rings is 10. The molecule has 0 aliphatic carbocycles. The first-order valence-corrected chi connectivity index (χ1v) is 24.0. The van der Waals surface area contributed by atoms with Crippen molar-refractivity contribution in [3.05, 3.63) is 243 Å². The van der Waals surface area contributed by atoms with Crippen molar-refractivity contribution >= 4 is 94.4 Å². The molecule has 0 saturated carbocycles. The zero-order chi connectivity index (χ0) is 42.2. The molecule has 13 rings (SSSR count). The molecule has 3 nitrogen and oxygen atoms in total. The summed E-state index contributed by atoms with van der Waals surface area (Å²) >= 11 is 0. The van der Waals surface area contributed by atoms with Gasteiger partial charge in [0.1, 0.15) is 11.2 Å². The summed E-state index contributed by atoms with van der Waals surface area (Å²) in [6, 6.07) is 89.3. The minimum Gasteiger partial charge on any atom is -0.456 e. The molecule has 0 radical (unpaired) electrons. The van der Waals surface area contributed by atoms with Crippen LogP contribution in [0.3, 0.4) is 0 Å².